The van der Waals surface area contributed by atoms with Gasteiger partial charge in [-0.3, -0.25) is 4.98 Å². The summed E-state index contributed by atoms with van der Waals surface area (Å²) in [6, 6.07) is 11.6. The Labute approximate surface area is 150 Å². The van der Waals surface area contributed by atoms with Crippen LogP contribution >= 0.6 is 0 Å². The number of aromatic nitrogens is 4. The zero-order valence-electron chi connectivity index (χ0n) is 14.0. The fourth-order valence-corrected chi connectivity index (χ4v) is 2.82. The molecule has 2 aromatic heterocycles. The molecule has 1 N–H and O–H groups in total. The molecule has 0 spiro atoms. The molecule has 1 fully saturated rings. The molecule has 1 aliphatic rings. The third-order valence-corrected chi connectivity index (χ3v) is 4.08. The number of benzene rings is 1. The first-order valence-corrected chi connectivity index (χ1v) is 8.29. The van der Waals surface area contributed by atoms with Crippen molar-refractivity contribution in [3.8, 4) is 11.8 Å². The molecule has 4 rings (SSSR count). The first kappa shape index (κ1) is 16.1. The fraction of sp³-hybridized carbons (Fsp3) is 0.222. The second-order valence-corrected chi connectivity index (χ2v) is 5.83. The molecule has 26 heavy (non-hydrogen) atoms. The Morgan fingerprint density at radius 1 is 1.15 bits per heavy atom. The van der Waals surface area contributed by atoms with Crippen molar-refractivity contribution < 1.29 is 4.74 Å². The topological polar surface area (TPSA) is 91.9 Å². The van der Waals surface area contributed by atoms with Gasteiger partial charge in [-0.2, -0.15) is 10.2 Å². The SMILES string of the molecule is N#Cc1cc(Nc2ncn(-c3cccnc3)n2)cc(N2CCOCC2)c1. The number of hydrogen-bond donors (Lipinski definition) is 1. The molecule has 0 saturated carbocycles. The minimum atomic E-state index is 0.455. The van der Waals surface area contributed by atoms with Gasteiger partial charge >= 0.3 is 0 Å². The van der Waals surface area contributed by atoms with Gasteiger partial charge in [0.1, 0.15) is 6.33 Å². The van der Waals surface area contributed by atoms with Crippen molar-refractivity contribution >= 4 is 17.3 Å². The number of anilines is 3. The van der Waals surface area contributed by atoms with Gasteiger partial charge in [-0.15, -0.1) is 5.10 Å². The summed E-state index contributed by atoms with van der Waals surface area (Å²) in [6.45, 7) is 3.00. The molecule has 1 saturated heterocycles. The highest BCUT2D eigenvalue weighted by Crippen LogP contribution is 2.25. The molecule has 0 radical (unpaired) electrons. The number of nitriles is 1. The van der Waals surface area contributed by atoms with Gasteiger partial charge < -0.3 is 15.0 Å². The molecule has 3 aromatic rings. The number of nitrogens with one attached hydrogen (secondary N) is 1. The molecule has 0 amide bonds. The van der Waals surface area contributed by atoms with Crippen molar-refractivity contribution in [3.05, 3.63) is 54.6 Å². The average molecular weight is 347 g/mol. The zero-order chi connectivity index (χ0) is 17.8. The quantitative estimate of drug-likeness (QED) is 0.773. The van der Waals surface area contributed by atoms with Crippen LogP contribution in [0.4, 0.5) is 17.3 Å². The van der Waals surface area contributed by atoms with E-state index in [0.717, 1.165) is 30.2 Å². The van der Waals surface area contributed by atoms with Crippen LogP contribution in [0.3, 0.4) is 0 Å². The summed E-state index contributed by atoms with van der Waals surface area (Å²) in [7, 11) is 0. The molecular formula is C18H17N7O. The van der Waals surface area contributed by atoms with Crippen LogP contribution in [0.2, 0.25) is 0 Å². The summed E-state index contributed by atoms with van der Waals surface area (Å²) in [5.41, 5.74) is 3.17. The molecular weight excluding hydrogens is 330 g/mol. The zero-order valence-corrected chi connectivity index (χ0v) is 14.0. The van der Waals surface area contributed by atoms with Gasteiger partial charge in [-0.1, -0.05) is 0 Å². The molecule has 0 bridgehead atoms. The van der Waals surface area contributed by atoms with Crippen LogP contribution in [0.15, 0.2) is 49.1 Å². The summed E-state index contributed by atoms with van der Waals surface area (Å²) in [5.74, 6) is 0.455. The molecule has 0 unspecified atom stereocenters. The van der Waals surface area contributed by atoms with E-state index in [9.17, 15) is 5.26 Å². The van der Waals surface area contributed by atoms with Gasteiger partial charge in [0.05, 0.1) is 36.7 Å². The summed E-state index contributed by atoms with van der Waals surface area (Å²) in [5, 5.41) is 16.9. The number of ether oxygens (including phenoxy) is 1. The van der Waals surface area contributed by atoms with E-state index in [1.165, 1.54) is 0 Å². The van der Waals surface area contributed by atoms with Crippen molar-refractivity contribution in [2.45, 2.75) is 0 Å². The van der Waals surface area contributed by atoms with E-state index >= 15 is 0 Å². The number of nitrogens with zero attached hydrogens (tertiary/aromatic N) is 6. The van der Waals surface area contributed by atoms with Crippen molar-refractivity contribution in [2.75, 3.05) is 36.5 Å². The summed E-state index contributed by atoms with van der Waals surface area (Å²) in [6.07, 6.45) is 5.04. The lowest BCUT2D eigenvalue weighted by molar-refractivity contribution is 0.122. The largest absolute Gasteiger partial charge is 0.378 e. The fourth-order valence-electron chi connectivity index (χ4n) is 2.82. The summed E-state index contributed by atoms with van der Waals surface area (Å²) < 4.78 is 7.04. The van der Waals surface area contributed by atoms with E-state index in [4.69, 9.17) is 4.74 Å². The van der Waals surface area contributed by atoms with Crippen LogP contribution in [0, 0.1) is 11.3 Å². The monoisotopic (exact) mass is 347 g/mol. The Morgan fingerprint density at radius 2 is 2.04 bits per heavy atom. The normalized spacial score (nSPS) is 14.0. The standard InChI is InChI=1S/C18H17N7O/c19-11-14-8-15(10-17(9-14)24-4-6-26-7-5-24)22-18-21-13-25(23-18)16-2-1-3-20-12-16/h1-3,8-10,12-13H,4-7H2,(H,22,23). The number of rotatable bonds is 4. The average Bonchev–Trinajstić information content (AvgIpc) is 3.17. The van der Waals surface area contributed by atoms with Crippen molar-refractivity contribution in [2.24, 2.45) is 0 Å². The van der Waals surface area contributed by atoms with Gasteiger partial charge in [0.2, 0.25) is 5.95 Å². The van der Waals surface area contributed by atoms with Crippen LogP contribution in [0.25, 0.3) is 5.69 Å². The summed E-state index contributed by atoms with van der Waals surface area (Å²) >= 11 is 0. The van der Waals surface area contributed by atoms with Gasteiger partial charge in [0, 0.05) is 30.7 Å². The van der Waals surface area contributed by atoms with Crippen LogP contribution in [-0.2, 0) is 4.74 Å². The molecule has 1 aromatic carbocycles. The maximum atomic E-state index is 9.34. The number of hydrogen-bond acceptors (Lipinski definition) is 7. The van der Waals surface area contributed by atoms with Crippen molar-refractivity contribution in [1.82, 2.24) is 19.7 Å². The van der Waals surface area contributed by atoms with E-state index in [2.05, 4.69) is 31.4 Å². The molecule has 8 heteroatoms. The third kappa shape index (κ3) is 3.48. The first-order valence-electron chi connectivity index (χ1n) is 8.29. The van der Waals surface area contributed by atoms with E-state index < -0.39 is 0 Å². The molecule has 1 aliphatic heterocycles. The second kappa shape index (κ2) is 7.21. The van der Waals surface area contributed by atoms with Gasteiger partial charge in [-0.25, -0.2) is 4.68 Å². The lowest BCUT2D eigenvalue weighted by Gasteiger charge is -2.29. The lowest BCUT2D eigenvalue weighted by Crippen LogP contribution is -2.36. The van der Waals surface area contributed by atoms with Gasteiger partial charge in [-0.05, 0) is 30.3 Å². The predicted molar refractivity (Wildman–Crippen MR) is 96.6 cm³/mol. The van der Waals surface area contributed by atoms with Crippen molar-refractivity contribution in [1.29, 1.82) is 5.26 Å². The second-order valence-electron chi connectivity index (χ2n) is 5.83. The lowest BCUT2D eigenvalue weighted by atomic mass is 10.1. The Bertz CT molecular complexity index is 926. The molecule has 3 heterocycles. The van der Waals surface area contributed by atoms with Crippen LogP contribution in [-0.4, -0.2) is 46.1 Å². The van der Waals surface area contributed by atoms with Gasteiger partial charge in [0.25, 0.3) is 0 Å². The minimum absolute atomic E-state index is 0.455. The van der Waals surface area contributed by atoms with Crippen molar-refractivity contribution in [3.63, 3.8) is 0 Å². The number of pyridine rings is 1. The van der Waals surface area contributed by atoms with Crippen LogP contribution < -0.4 is 10.2 Å². The predicted octanol–water partition coefficient (Wildman–Crippen LogP) is 2.11. The molecule has 0 atom stereocenters. The van der Waals surface area contributed by atoms with E-state index in [1.807, 2.05) is 24.3 Å². The maximum Gasteiger partial charge on any atom is 0.246 e. The summed E-state index contributed by atoms with van der Waals surface area (Å²) in [4.78, 5) is 10.6. The van der Waals surface area contributed by atoms with Crippen LogP contribution in [0.1, 0.15) is 5.56 Å². The third-order valence-electron chi connectivity index (χ3n) is 4.08. The Kier molecular flexibility index (Phi) is 4.45. The highest BCUT2D eigenvalue weighted by Gasteiger charge is 2.13. The first-order chi connectivity index (χ1) is 12.8. The molecule has 0 aliphatic carbocycles. The van der Waals surface area contributed by atoms with Crippen LogP contribution in [0.5, 0.6) is 0 Å². The minimum Gasteiger partial charge on any atom is -0.378 e. The van der Waals surface area contributed by atoms with E-state index in [1.54, 1.807) is 29.5 Å². The van der Waals surface area contributed by atoms with Gasteiger partial charge in [0.15, 0.2) is 0 Å². The molecule has 8 nitrogen and oxygen atoms in total. The molecule has 130 valence electrons. The van der Waals surface area contributed by atoms with E-state index in [-0.39, 0.29) is 0 Å². The Morgan fingerprint density at radius 3 is 2.81 bits per heavy atom. The highest BCUT2D eigenvalue weighted by molar-refractivity contribution is 5.66. The Balaban J connectivity index is 1.58. The smallest absolute Gasteiger partial charge is 0.246 e. The van der Waals surface area contributed by atoms with E-state index in [0.29, 0.717) is 24.7 Å². The highest BCUT2D eigenvalue weighted by atomic mass is 16.5. The number of morpholine rings is 1. The Hall–Kier alpha value is -3.44. The maximum absolute atomic E-state index is 9.34.